The van der Waals surface area contributed by atoms with E-state index in [9.17, 15) is 23.3 Å². The van der Waals surface area contributed by atoms with E-state index < -0.39 is 21.1 Å². The van der Waals surface area contributed by atoms with Gasteiger partial charge in [0.05, 0.1) is 5.75 Å². The molecule has 0 radical (unpaired) electrons. The highest BCUT2D eigenvalue weighted by atomic mass is 32.2. The molecule has 0 fully saturated rings. The lowest BCUT2D eigenvalue weighted by Crippen LogP contribution is -2.39. The second kappa shape index (κ2) is 6.94. The van der Waals surface area contributed by atoms with E-state index >= 15 is 0 Å². The van der Waals surface area contributed by atoms with E-state index in [1.807, 2.05) is 6.07 Å². The van der Waals surface area contributed by atoms with Gasteiger partial charge in [0, 0.05) is 26.0 Å². The lowest BCUT2D eigenvalue weighted by Gasteiger charge is -2.14. The highest BCUT2D eigenvalue weighted by Crippen LogP contribution is 2.17. The third kappa shape index (κ3) is 4.16. The first-order valence-corrected chi connectivity index (χ1v) is 9.44. The molecule has 0 unspecified atom stereocenters. The molecule has 132 valence electrons. The van der Waals surface area contributed by atoms with Gasteiger partial charge in [-0.1, -0.05) is 12.1 Å². The number of anilines is 2. The van der Waals surface area contributed by atoms with Crippen molar-refractivity contribution >= 4 is 21.3 Å². The van der Waals surface area contributed by atoms with Crippen LogP contribution in [0.4, 0.5) is 11.5 Å². The lowest BCUT2D eigenvalue weighted by atomic mass is 10.1. The van der Waals surface area contributed by atoms with Crippen LogP contribution in [0.25, 0.3) is 0 Å². The molecule has 0 aliphatic rings. The summed E-state index contributed by atoms with van der Waals surface area (Å²) in [6, 6.07) is 8.71. The average molecular weight is 362 g/mol. The Bertz CT molecular complexity index is 1060. The molecule has 8 nitrogen and oxygen atoms in total. The summed E-state index contributed by atoms with van der Waals surface area (Å²) in [7, 11) is -0.261. The Morgan fingerprint density at radius 1 is 1.12 bits per heavy atom. The van der Waals surface area contributed by atoms with E-state index in [0.29, 0.717) is 12.1 Å². The number of benzene rings is 1. The summed E-state index contributed by atoms with van der Waals surface area (Å²) >= 11 is 0. The van der Waals surface area contributed by atoms with Crippen LogP contribution in [0.5, 0.6) is 0 Å². The molecule has 9 heteroatoms. The van der Waals surface area contributed by atoms with Gasteiger partial charge in [-0.05, 0) is 24.1 Å². The van der Waals surface area contributed by atoms with Crippen molar-refractivity contribution in [3.8, 4) is 6.07 Å². The Morgan fingerprint density at radius 2 is 1.72 bits per heavy atom. The molecule has 0 spiro atoms. The first kappa shape index (κ1) is 18.5. The van der Waals surface area contributed by atoms with Gasteiger partial charge in [-0.15, -0.1) is 0 Å². The molecule has 0 amide bonds. The maximum absolute atomic E-state index is 12.0. The summed E-state index contributed by atoms with van der Waals surface area (Å²) in [6.45, 7) is 0. The van der Waals surface area contributed by atoms with E-state index in [2.05, 4.69) is 5.32 Å². The maximum Gasteiger partial charge on any atom is 0.332 e. The van der Waals surface area contributed by atoms with Crippen LogP contribution in [-0.4, -0.2) is 29.6 Å². The first-order chi connectivity index (χ1) is 11.6. The van der Waals surface area contributed by atoms with Crippen molar-refractivity contribution in [2.45, 2.75) is 6.42 Å². The largest absolute Gasteiger partial charge is 0.340 e. The van der Waals surface area contributed by atoms with Crippen molar-refractivity contribution in [2.24, 2.45) is 14.1 Å². The Labute approximate surface area is 144 Å². The van der Waals surface area contributed by atoms with Crippen LogP contribution in [-0.2, 0) is 30.4 Å². The number of nitriles is 1. The summed E-state index contributed by atoms with van der Waals surface area (Å²) in [5.41, 5.74) is 0.0390. The average Bonchev–Trinajstić information content (AvgIpc) is 2.57. The SMILES string of the molecule is Cn1c(Nc2ccc(CCS(C)(=O)=O)cc2)c(C#N)c(=O)n(C)c1=O. The number of aromatic nitrogens is 2. The van der Waals surface area contributed by atoms with Gasteiger partial charge >= 0.3 is 5.69 Å². The van der Waals surface area contributed by atoms with Crippen molar-refractivity contribution in [1.29, 1.82) is 5.26 Å². The predicted octanol–water partition coefficient (Wildman–Crippen LogP) is 0.286. The second-order valence-corrected chi connectivity index (χ2v) is 8.00. The molecule has 2 rings (SSSR count). The topological polar surface area (TPSA) is 114 Å². The van der Waals surface area contributed by atoms with Crippen LogP contribution in [0.2, 0.25) is 0 Å². The normalized spacial score (nSPS) is 11.1. The quantitative estimate of drug-likeness (QED) is 0.817. The zero-order valence-electron chi connectivity index (χ0n) is 14.1. The van der Waals surface area contributed by atoms with Gasteiger partial charge in [-0.2, -0.15) is 5.26 Å². The van der Waals surface area contributed by atoms with E-state index in [1.165, 1.54) is 24.9 Å². The third-order valence-electron chi connectivity index (χ3n) is 3.75. The van der Waals surface area contributed by atoms with Gasteiger partial charge in [0.25, 0.3) is 5.56 Å². The Morgan fingerprint density at radius 3 is 2.24 bits per heavy atom. The van der Waals surface area contributed by atoms with Crippen molar-refractivity contribution in [3.05, 3.63) is 56.2 Å². The summed E-state index contributed by atoms with van der Waals surface area (Å²) in [5, 5.41) is 12.1. The number of rotatable bonds is 5. The number of hydrogen-bond donors (Lipinski definition) is 1. The van der Waals surface area contributed by atoms with Gasteiger partial charge in [-0.25, -0.2) is 13.2 Å². The van der Waals surface area contributed by atoms with Gasteiger partial charge in [0.15, 0.2) is 5.56 Å². The molecular formula is C16H18N4O4S. The third-order valence-corrected chi connectivity index (χ3v) is 4.70. The van der Waals surface area contributed by atoms with E-state index in [4.69, 9.17) is 0 Å². The summed E-state index contributed by atoms with van der Waals surface area (Å²) in [4.78, 5) is 24.1. The number of nitrogens with zero attached hydrogens (tertiary/aromatic N) is 3. The van der Waals surface area contributed by atoms with Crippen LogP contribution in [0.1, 0.15) is 11.1 Å². The van der Waals surface area contributed by atoms with E-state index in [0.717, 1.165) is 10.1 Å². The molecule has 25 heavy (non-hydrogen) atoms. The zero-order chi connectivity index (χ0) is 18.8. The first-order valence-electron chi connectivity index (χ1n) is 7.38. The standard InChI is InChI=1S/C16H18N4O4S/c1-19-14(13(10-17)15(21)20(2)16(19)22)18-12-6-4-11(5-7-12)8-9-25(3,23)24/h4-7,18H,8-9H2,1-3H3. The fourth-order valence-electron chi connectivity index (χ4n) is 2.29. The smallest absolute Gasteiger partial charge is 0.332 e. The molecule has 0 saturated heterocycles. The number of hydrogen-bond acceptors (Lipinski definition) is 6. The monoisotopic (exact) mass is 362 g/mol. The van der Waals surface area contributed by atoms with Crippen LogP contribution in [0, 0.1) is 11.3 Å². The number of nitrogens with one attached hydrogen (secondary N) is 1. The number of sulfone groups is 1. The molecule has 0 saturated carbocycles. The van der Waals surface area contributed by atoms with Gasteiger partial charge in [0.1, 0.15) is 21.7 Å². The molecule has 1 aromatic heterocycles. The molecule has 0 bridgehead atoms. The van der Waals surface area contributed by atoms with Gasteiger partial charge < -0.3 is 5.32 Å². The van der Waals surface area contributed by atoms with Crippen LogP contribution >= 0.6 is 0 Å². The maximum atomic E-state index is 12.0. The van der Waals surface area contributed by atoms with Crippen molar-refractivity contribution in [3.63, 3.8) is 0 Å². The molecule has 0 atom stereocenters. The van der Waals surface area contributed by atoms with Crippen LogP contribution in [0.3, 0.4) is 0 Å². The fourth-order valence-corrected chi connectivity index (χ4v) is 2.89. The minimum absolute atomic E-state index is 0.0571. The van der Waals surface area contributed by atoms with E-state index in [-0.39, 0.29) is 17.1 Å². The fraction of sp³-hybridized carbons (Fsp3) is 0.312. The van der Waals surface area contributed by atoms with E-state index in [1.54, 1.807) is 24.3 Å². The summed E-state index contributed by atoms with van der Waals surface area (Å²) in [5.74, 6) is 0.168. The van der Waals surface area contributed by atoms with Crippen molar-refractivity contribution in [1.82, 2.24) is 9.13 Å². The highest BCUT2D eigenvalue weighted by Gasteiger charge is 2.15. The minimum Gasteiger partial charge on any atom is -0.340 e. The summed E-state index contributed by atoms with van der Waals surface area (Å²) in [6.07, 6.45) is 1.58. The predicted molar refractivity (Wildman–Crippen MR) is 94.8 cm³/mol. The van der Waals surface area contributed by atoms with Gasteiger partial charge in [0.2, 0.25) is 0 Å². The summed E-state index contributed by atoms with van der Waals surface area (Å²) < 4.78 is 24.5. The Balaban J connectivity index is 2.34. The van der Waals surface area contributed by atoms with Crippen LogP contribution in [0.15, 0.2) is 33.9 Å². The van der Waals surface area contributed by atoms with Crippen molar-refractivity contribution in [2.75, 3.05) is 17.3 Å². The molecule has 0 aliphatic carbocycles. The molecule has 1 N–H and O–H groups in total. The highest BCUT2D eigenvalue weighted by molar-refractivity contribution is 7.90. The second-order valence-electron chi connectivity index (χ2n) is 5.74. The molecule has 2 aromatic rings. The lowest BCUT2D eigenvalue weighted by molar-refractivity contribution is 0.601. The Kier molecular flexibility index (Phi) is 5.13. The molecule has 0 aliphatic heterocycles. The molecule has 1 heterocycles. The Hall–Kier alpha value is -2.86. The van der Waals surface area contributed by atoms with Crippen LogP contribution < -0.4 is 16.6 Å². The molecule has 1 aromatic carbocycles. The zero-order valence-corrected chi connectivity index (χ0v) is 14.9. The van der Waals surface area contributed by atoms with Gasteiger partial charge in [-0.3, -0.25) is 13.9 Å². The number of aryl methyl sites for hydroxylation is 1. The minimum atomic E-state index is -3.04. The van der Waals surface area contributed by atoms with Crippen molar-refractivity contribution < 1.29 is 8.42 Å². The molecular weight excluding hydrogens is 344 g/mol.